The molecule has 0 amide bonds. The molecule has 1 fully saturated rings. The van der Waals surface area contributed by atoms with E-state index in [4.69, 9.17) is 5.11 Å². The Balaban J connectivity index is 2.58. The van der Waals surface area contributed by atoms with Gasteiger partial charge in [0.05, 0.1) is 5.41 Å². The monoisotopic (exact) mass is 184 g/mol. The number of hydrogen-bond acceptors (Lipinski definition) is 1. The molecule has 0 aliphatic heterocycles. The van der Waals surface area contributed by atoms with Gasteiger partial charge in [0.25, 0.3) is 0 Å². The van der Waals surface area contributed by atoms with E-state index in [1.807, 2.05) is 0 Å². The maximum atomic E-state index is 11.1. The molecule has 1 saturated carbocycles. The molecule has 76 valence electrons. The van der Waals surface area contributed by atoms with Crippen molar-refractivity contribution in [3.8, 4) is 0 Å². The van der Waals surface area contributed by atoms with Gasteiger partial charge in [0.15, 0.2) is 0 Å². The van der Waals surface area contributed by atoms with Gasteiger partial charge in [-0.2, -0.15) is 0 Å². The molecule has 0 spiro atoms. The Hall–Kier alpha value is -0.530. The summed E-state index contributed by atoms with van der Waals surface area (Å²) in [7, 11) is 0. The summed E-state index contributed by atoms with van der Waals surface area (Å²) in [5.74, 6) is -0.126. The number of carboxylic acids is 1. The van der Waals surface area contributed by atoms with Crippen LogP contribution in [-0.4, -0.2) is 11.1 Å². The first kappa shape index (κ1) is 10.6. The molecule has 1 aliphatic rings. The van der Waals surface area contributed by atoms with Crippen molar-refractivity contribution in [1.29, 1.82) is 0 Å². The number of carboxylic acid groups (broad SMARTS) is 1. The van der Waals surface area contributed by atoms with E-state index in [-0.39, 0.29) is 5.41 Å². The Kier molecular flexibility index (Phi) is 3.34. The Morgan fingerprint density at radius 1 is 1.31 bits per heavy atom. The van der Waals surface area contributed by atoms with Crippen LogP contribution in [0.5, 0.6) is 0 Å². The number of aliphatic carboxylic acids is 1. The zero-order valence-electron chi connectivity index (χ0n) is 8.68. The first-order chi connectivity index (χ1) is 6.17. The van der Waals surface area contributed by atoms with Crippen molar-refractivity contribution >= 4 is 5.97 Å². The number of rotatable bonds is 6. The average molecular weight is 184 g/mol. The van der Waals surface area contributed by atoms with Crippen LogP contribution in [0, 0.1) is 11.3 Å². The maximum absolute atomic E-state index is 11.1. The van der Waals surface area contributed by atoms with Crippen LogP contribution in [0.4, 0.5) is 0 Å². The second-order valence-corrected chi connectivity index (χ2v) is 4.24. The number of carbonyl (C=O) groups is 1. The van der Waals surface area contributed by atoms with Gasteiger partial charge in [0.1, 0.15) is 0 Å². The highest BCUT2D eigenvalue weighted by molar-refractivity contribution is 5.78. The molecular formula is C11H20O2. The predicted octanol–water partition coefficient (Wildman–Crippen LogP) is 3.07. The molecule has 0 aromatic rings. The molecule has 0 atom stereocenters. The summed E-state index contributed by atoms with van der Waals surface area (Å²) >= 11 is 0. The molecule has 1 aliphatic carbocycles. The van der Waals surface area contributed by atoms with Crippen molar-refractivity contribution in [3.05, 3.63) is 0 Å². The maximum Gasteiger partial charge on any atom is 0.309 e. The van der Waals surface area contributed by atoms with Crippen molar-refractivity contribution in [2.45, 2.75) is 52.4 Å². The van der Waals surface area contributed by atoms with Gasteiger partial charge in [-0.25, -0.2) is 0 Å². The summed E-state index contributed by atoms with van der Waals surface area (Å²) in [6.07, 6.45) is 6.21. The largest absolute Gasteiger partial charge is 0.481 e. The minimum Gasteiger partial charge on any atom is -0.481 e. The third-order valence-electron chi connectivity index (χ3n) is 3.27. The molecule has 0 radical (unpaired) electrons. The van der Waals surface area contributed by atoms with E-state index in [0.29, 0.717) is 5.92 Å². The smallest absolute Gasteiger partial charge is 0.309 e. The van der Waals surface area contributed by atoms with Crippen LogP contribution in [0.25, 0.3) is 0 Å². The van der Waals surface area contributed by atoms with Gasteiger partial charge in [-0.1, -0.05) is 26.7 Å². The highest BCUT2D eigenvalue weighted by atomic mass is 16.4. The van der Waals surface area contributed by atoms with Gasteiger partial charge in [0.2, 0.25) is 0 Å². The molecule has 2 nitrogen and oxygen atoms in total. The molecule has 0 aromatic carbocycles. The normalized spacial score (nSPS) is 19.0. The molecule has 0 aromatic heterocycles. The zero-order chi connectivity index (χ0) is 9.90. The summed E-state index contributed by atoms with van der Waals surface area (Å²) in [6, 6.07) is 0. The quantitative estimate of drug-likeness (QED) is 0.688. The van der Waals surface area contributed by atoms with Gasteiger partial charge in [-0.05, 0) is 31.6 Å². The van der Waals surface area contributed by atoms with Crippen LogP contribution in [0.2, 0.25) is 0 Å². The van der Waals surface area contributed by atoms with E-state index in [9.17, 15) is 4.79 Å². The first-order valence-electron chi connectivity index (χ1n) is 5.40. The Labute approximate surface area is 80.3 Å². The van der Waals surface area contributed by atoms with Crippen LogP contribution in [0.3, 0.4) is 0 Å². The van der Waals surface area contributed by atoms with E-state index in [1.54, 1.807) is 0 Å². The minimum absolute atomic E-state index is 0.313. The highest BCUT2D eigenvalue weighted by Gasteiger charge is 2.54. The van der Waals surface area contributed by atoms with Gasteiger partial charge in [-0.15, -0.1) is 0 Å². The molecule has 0 bridgehead atoms. The zero-order valence-corrected chi connectivity index (χ0v) is 8.68. The summed E-state index contributed by atoms with van der Waals surface area (Å²) < 4.78 is 0. The molecular weight excluding hydrogens is 164 g/mol. The highest BCUT2D eigenvalue weighted by Crippen LogP contribution is 2.55. The van der Waals surface area contributed by atoms with Gasteiger partial charge < -0.3 is 5.11 Å². The van der Waals surface area contributed by atoms with Crippen LogP contribution in [0.1, 0.15) is 52.4 Å². The molecule has 0 unspecified atom stereocenters. The molecule has 2 heteroatoms. The lowest BCUT2D eigenvalue weighted by molar-refractivity contribution is -0.146. The lowest BCUT2D eigenvalue weighted by atomic mass is 9.82. The minimum atomic E-state index is -0.556. The Bertz CT molecular complexity index is 177. The van der Waals surface area contributed by atoms with Crippen LogP contribution < -0.4 is 0 Å². The Morgan fingerprint density at radius 3 is 2.00 bits per heavy atom. The summed E-state index contributed by atoms with van der Waals surface area (Å²) in [4.78, 5) is 11.1. The van der Waals surface area contributed by atoms with Crippen LogP contribution >= 0.6 is 0 Å². The summed E-state index contributed by atoms with van der Waals surface area (Å²) in [5.41, 5.74) is -0.313. The predicted molar refractivity (Wildman–Crippen MR) is 52.6 cm³/mol. The Morgan fingerprint density at radius 2 is 1.77 bits per heavy atom. The molecule has 0 saturated heterocycles. The van der Waals surface area contributed by atoms with Gasteiger partial charge in [0, 0.05) is 0 Å². The topological polar surface area (TPSA) is 37.3 Å². The lowest BCUT2D eigenvalue weighted by Gasteiger charge is -2.22. The molecule has 0 heterocycles. The third kappa shape index (κ3) is 2.04. The number of hydrogen-bond donors (Lipinski definition) is 1. The first-order valence-corrected chi connectivity index (χ1v) is 5.40. The summed E-state index contributed by atoms with van der Waals surface area (Å²) in [5, 5.41) is 9.13. The second-order valence-electron chi connectivity index (χ2n) is 4.24. The third-order valence-corrected chi connectivity index (χ3v) is 3.27. The average Bonchev–Trinajstić information content (AvgIpc) is 2.84. The van der Waals surface area contributed by atoms with Gasteiger partial charge >= 0.3 is 5.97 Å². The fourth-order valence-corrected chi connectivity index (χ4v) is 2.33. The van der Waals surface area contributed by atoms with Crippen molar-refractivity contribution in [1.82, 2.24) is 0 Å². The van der Waals surface area contributed by atoms with Crippen molar-refractivity contribution in [2.75, 3.05) is 0 Å². The van der Waals surface area contributed by atoms with Gasteiger partial charge in [-0.3, -0.25) is 4.79 Å². The fourth-order valence-electron chi connectivity index (χ4n) is 2.33. The van der Waals surface area contributed by atoms with Crippen molar-refractivity contribution < 1.29 is 9.90 Å². The molecule has 1 rings (SSSR count). The second kappa shape index (κ2) is 4.12. The molecule has 13 heavy (non-hydrogen) atoms. The van der Waals surface area contributed by atoms with E-state index in [1.165, 1.54) is 0 Å². The van der Waals surface area contributed by atoms with E-state index < -0.39 is 5.97 Å². The van der Waals surface area contributed by atoms with E-state index >= 15 is 0 Å². The SMILES string of the molecule is CCCC(CCC)C1(C(=O)O)CC1. The standard InChI is InChI=1S/C11H20O2/c1-3-5-9(6-4-2)11(7-8-11)10(12)13/h9H,3-8H2,1-2H3,(H,12,13). The summed E-state index contributed by atoms with van der Waals surface area (Å²) in [6.45, 7) is 4.28. The molecule has 1 N–H and O–H groups in total. The van der Waals surface area contributed by atoms with Crippen LogP contribution in [0.15, 0.2) is 0 Å². The van der Waals surface area contributed by atoms with E-state index in [2.05, 4.69) is 13.8 Å². The van der Waals surface area contributed by atoms with Crippen LogP contribution in [-0.2, 0) is 4.79 Å². The lowest BCUT2D eigenvalue weighted by Crippen LogP contribution is -2.25. The van der Waals surface area contributed by atoms with Crippen molar-refractivity contribution in [3.63, 3.8) is 0 Å². The van der Waals surface area contributed by atoms with Crippen molar-refractivity contribution in [2.24, 2.45) is 11.3 Å². The van der Waals surface area contributed by atoms with E-state index in [0.717, 1.165) is 38.5 Å². The fraction of sp³-hybridized carbons (Fsp3) is 0.909.